The Kier molecular flexibility index (Phi) is 6.64. The number of nitrogens with zero attached hydrogens (tertiary/aromatic N) is 1. The van der Waals surface area contributed by atoms with E-state index >= 15 is 0 Å². The summed E-state index contributed by atoms with van der Waals surface area (Å²) in [5.41, 5.74) is 0.798. The predicted octanol–water partition coefficient (Wildman–Crippen LogP) is 3.12. The maximum absolute atomic E-state index is 13.0. The third-order valence-corrected chi connectivity index (χ3v) is 5.58. The number of cyclic esters (lactones) is 1. The quantitative estimate of drug-likeness (QED) is 0.657. The Morgan fingerprint density at radius 3 is 2.37 bits per heavy atom. The minimum atomic E-state index is -3.75. The molecule has 0 radical (unpaired) electrons. The van der Waals surface area contributed by atoms with E-state index in [1.807, 2.05) is 44.2 Å². The van der Waals surface area contributed by atoms with Crippen LogP contribution in [-0.4, -0.2) is 43.7 Å². The second-order valence-corrected chi connectivity index (χ2v) is 8.70. The lowest BCUT2D eigenvalue weighted by molar-refractivity contribution is -0.136. The molecule has 2 amide bonds. The van der Waals surface area contributed by atoms with E-state index in [-0.39, 0.29) is 5.92 Å². The molecule has 8 heteroatoms. The summed E-state index contributed by atoms with van der Waals surface area (Å²) in [6, 6.07) is 8.69. The summed E-state index contributed by atoms with van der Waals surface area (Å²) in [6.07, 6.45) is -0.557. The van der Waals surface area contributed by atoms with Gasteiger partial charge >= 0.3 is 6.09 Å². The van der Waals surface area contributed by atoms with Crippen LogP contribution in [0.25, 0.3) is 0 Å². The van der Waals surface area contributed by atoms with E-state index in [9.17, 15) is 18.0 Å². The second-order valence-electron chi connectivity index (χ2n) is 7.10. The zero-order valence-electron chi connectivity index (χ0n) is 16.3. The molecule has 1 fully saturated rings. The highest BCUT2D eigenvalue weighted by Gasteiger charge is 2.46. The average molecular weight is 397 g/mol. The summed E-state index contributed by atoms with van der Waals surface area (Å²) >= 11 is 0. The normalized spacial score (nSPS) is 23.6. The fourth-order valence-corrected chi connectivity index (χ4v) is 4.07. The van der Waals surface area contributed by atoms with Crippen LogP contribution in [0.4, 0.5) is 4.79 Å². The highest BCUT2D eigenvalue weighted by molar-refractivity contribution is 7.86. The second kappa shape index (κ2) is 8.39. The summed E-state index contributed by atoms with van der Waals surface area (Å²) in [5.74, 6) is -1.50. The van der Waals surface area contributed by atoms with Gasteiger partial charge in [0.25, 0.3) is 10.1 Å². The standard InChI is InChI=1S/C19H27NO6S/c1-6-12(2)16(26-27(5,23)24)13(3)18(21)20-14(4)17(25-19(20)22)15-10-8-7-9-11-15/h7-14,16-17H,6H2,1-5H3/t12-,13-,14-,16+,17-/m1/s1. The molecule has 0 N–H and O–H groups in total. The van der Waals surface area contributed by atoms with Crippen LogP contribution in [-0.2, 0) is 23.8 Å². The molecule has 0 spiro atoms. The Morgan fingerprint density at radius 2 is 1.85 bits per heavy atom. The molecule has 7 nitrogen and oxygen atoms in total. The first kappa shape index (κ1) is 21.4. The van der Waals surface area contributed by atoms with E-state index in [0.29, 0.717) is 6.42 Å². The van der Waals surface area contributed by atoms with Crippen molar-refractivity contribution < 1.29 is 26.9 Å². The number of ether oxygens (including phenoxy) is 1. The molecular weight excluding hydrogens is 370 g/mol. The minimum absolute atomic E-state index is 0.183. The maximum atomic E-state index is 13.0. The SMILES string of the molecule is CC[C@@H](C)[C@H](OS(C)(=O)=O)[C@@H](C)C(=O)N1C(=O)O[C@@H](c2ccccc2)[C@H]1C. The predicted molar refractivity (Wildman–Crippen MR) is 100 cm³/mol. The van der Waals surface area contributed by atoms with Crippen LogP contribution in [0.3, 0.4) is 0 Å². The summed E-state index contributed by atoms with van der Waals surface area (Å²) in [4.78, 5) is 26.5. The number of hydrogen-bond donors (Lipinski definition) is 0. The number of carbonyl (C=O) groups is 2. The molecule has 5 atom stereocenters. The summed E-state index contributed by atoms with van der Waals surface area (Å²) in [6.45, 7) is 7.03. The lowest BCUT2D eigenvalue weighted by atomic mass is 9.90. The van der Waals surface area contributed by atoms with Crippen molar-refractivity contribution in [3.05, 3.63) is 35.9 Å². The van der Waals surface area contributed by atoms with Crippen molar-refractivity contribution in [3.8, 4) is 0 Å². The summed E-state index contributed by atoms with van der Waals surface area (Å²) in [5, 5.41) is 0. The van der Waals surface area contributed by atoms with Gasteiger partial charge < -0.3 is 4.74 Å². The Labute approximate surface area is 160 Å². The molecule has 1 aliphatic rings. The van der Waals surface area contributed by atoms with Crippen molar-refractivity contribution >= 4 is 22.1 Å². The van der Waals surface area contributed by atoms with E-state index < -0.39 is 46.3 Å². The Bertz CT molecular complexity index is 779. The average Bonchev–Trinajstić information content (AvgIpc) is 2.92. The van der Waals surface area contributed by atoms with E-state index in [1.54, 1.807) is 13.8 Å². The first-order chi connectivity index (χ1) is 12.6. The number of imide groups is 1. The maximum Gasteiger partial charge on any atom is 0.417 e. The highest BCUT2D eigenvalue weighted by atomic mass is 32.2. The molecule has 1 aromatic rings. The fourth-order valence-electron chi connectivity index (χ4n) is 3.31. The van der Waals surface area contributed by atoms with Gasteiger partial charge in [-0.2, -0.15) is 8.42 Å². The third kappa shape index (κ3) is 4.87. The van der Waals surface area contributed by atoms with Crippen LogP contribution in [0, 0.1) is 11.8 Å². The molecule has 0 bridgehead atoms. The van der Waals surface area contributed by atoms with E-state index in [1.165, 1.54) is 0 Å². The van der Waals surface area contributed by atoms with Crippen molar-refractivity contribution in [2.45, 2.75) is 52.4 Å². The van der Waals surface area contributed by atoms with Crippen LogP contribution < -0.4 is 0 Å². The van der Waals surface area contributed by atoms with Gasteiger partial charge in [0, 0.05) is 0 Å². The van der Waals surface area contributed by atoms with Crippen molar-refractivity contribution in [3.63, 3.8) is 0 Å². The molecular formula is C19H27NO6S. The van der Waals surface area contributed by atoms with E-state index in [0.717, 1.165) is 16.7 Å². The fraction of sp³-hybridized carbons (Fsp3) is 0.579. The first-order valence-electron chi connectivity index (χ1n) is 9.03. The first-order valence-corrected chi connectivity index (χ1v) is 10.8. The molecule has 2 rings (SSSR count). The Balaban J connectivity index is 2.25. The van der Waals surface area contributed by atoms with Gasteiger partial charge in [-0.3, -0.25) is 8.98 Å². The van der Waals surface area contributed by atoms with Crippen LogP contribution >= 0.6 is 0 Å². The molecule has 1 aliphatic heterocycles. The Morgan fingerprint density at radius 1 is 1.26 bits per heavy atom. The van der Waals surface area contributed by atoms with Gasteiger partial charge in [-0.15, -0.1) is 0 Å². The lowest BCUT2D eigenvalue weighted by Crippen LogP contribution is -2.46. The molecule has 150 valence electrons. The van der Waals surface area contributed by atoms with Gasteiger partial charge in [0.2, 0.25) is 5.91 Å². The summed E-state index contributed by atoms with van der Waals surface area (Å²) < 4.78 is 33.9. The smallest absolute Gasteiger partial charge is 0.417 e. The molecule has 1 heterocycles. The number of benzene rings is 1. The van der Waals surface area contributed by atoms with Crippen molar-refractivity contribution in [1.82, 2.24) is 4.90 Å². The molecule has 0 aliphatic carbocycles. The minimum Gasteiger partial charge on any atom is -0.439 e. The summed E-state index contributed by atoms with van der Waals surface area (Å²) in [7, 11) is -3.75. The van der Waals surface area contributed by atoms with Crippen LogP contribution in [0.15, 0.2) is 30.3 Å². The van der Waals surface area contributed by atoms with Crippen molar-refractivity contribution in [2.75, 3.05) is 6.26 Å². The monoisotopic (exact) mass is 397 g/mol. The van der Waals surface area contributed by atoms with Gasteiger partial charge in [-0.05, 0) is 18.4 Å². The van der Waals surface area contributed by atoms with Gasteiger partial charge in [0.1, 0.15) is 6.10 Å². The zero-order valence-corrected chi connectivity index (χ0v) is 17.1. The van der Waals surface area contributed by atoms with E-state index in [4.69, 9.17) is 8.92 Å². The topological polar surface area (TPSA) is 90.0 Å². The number of rotatable bonds is 7. The van der Waals surface area contributed by atoms with Crippen molar-refractivity contribution in [1.29, 1.82) is 0 Å². The Hall–Kier alpha value is -1.93. The van der Waals surface area contributed by atoms with Gasteiger partial charge in [0.15, 0.2) is 0 Å². The van der Waals surface area contributed by atoms with Crippen LogP contribution in [0.5, 0.6) is 0 Å². The molecule has 1 aromatic carbocycles. The highest BCUT2D eigenvalue weighted by Crippen LogP contribution is 2.34. The molecule has 27 heavy (non-hydrogen) atoms. The molecule has 1 saturated heterocycles. The molecule has 0 aromatic heterocycles. The number of carbonyl (C=O) groups excluding carboxylic acids is 2. The van der Waals surface area contributed by atoms with Crippen molar-refractivity contribution in [2.24, 2.45) is 11.8 Å². The largest absolute Gasteiger partial charge is 0.439 e. The van der Waals surface area contributed by atoms with Gasteiger partial charge in [-0.1, -0.05) is 57.5 Å². The molecule has 0 unspecified atom stereocenters. The third-order valence-electron chi connectivity index (χ3n) is 5.01. The van der Waals surface area contributed by atoms with Gasteiger partial charge in [0.05, 0.1) is 24.3 Å². The lowest BCUT2D eigenvalue weighted by Gasteiger charge is -2.30. The van der Waals surface area contributed by atoms with Crippen LogP contribution in [0.2, 0.25) is 0 Å². The number of amides is 2. The van der Waals surface area contributed by atoms with E-state index in [2.05, 4.69) is 0 Å². The van der Waals surface area contributed by atoms with Crippen LogP contribution in [0.1, 0.15) is 45.8 Å². The number of hydrogen-bond acceptors (Lipinski definition) is 6. The molecule has 0 saturated carbocycles. The van der Waals surface area contributed by atoms with Gasteiger partial charge in [-0.25, -0.2) is 9.69 Å². The zero-order chi connectivity index (χ0) is 20.4.